The maximum atomic E-state index is 11.5. The van der Waals surface area contributed by atoms with E-state index >= 15 is 0 Å². The minimum Gasteiger partial charge on any atom is -0.364 e. The minimum absolute atomic E-state index is 0. The van der Waals surface area contributed by atoms with Gasteiger partial charge in [-0.25, -0.2) is 8.42 Å². The Hall–Kier alpha value is -1.66. The molecule has 1 aliphatic heterocycles. The number of aliphatic imine (C=N–C) groups is 1. The first-order valence-electron chi connectivity index (χ1n) is 8.82. The SMILES string of the molecule is CN=C(NCc1ccc(S(C)(=O)=O)cc1)N1CCN(Cc2ccon2)CC1.I. The Morgan fingerprint density at radius 2 is 1.86 bits per heavy atom. The highest BCUT2D eigenvalue weighted by Gasteiger charge is 2.20. The van der Waals surface area contributed by atoms with Crippen molar-refractivity contribution in [2.75, 3.05) is 39.5 Å². The predicted molar refractivity (Wildman–Crippen MR) is 119 cm³/mol. The lowest BCUT2D eigenvalue weighted by Crippen LogP contribution is -2.52. The van der Waals surface area contributed by atoms with Crippen LogP contribution in [-0.2, 0) is 22.9 Å². The van der Waals surface area contributed by atoms with Crippen LogP contribution in [0.5, 0.6) is 0 Å². The van der Waals surface area contributed by atoms with Gasteiger partial charge in [-0.15, -0.1) is 24.0 Å². The van der Waals surface area contributed by atoms with Crippen molar-refractivity contribution in [1.29, 1.82) is 0 Å². The number of nitrogens with zero attached hydrogens (tertiary/aromatic N) is 4. The van der Waals surface area contributed by atoms with Crippen LogP contribution in [0.2, 0.25) is 0 Å². The zero-order valence-corrected chi connectivity index (χ0v) is 19.2. The number of rotatable bonds is 5. The van der Waals surface area contributed by atoms with Crippen molar-refractivity contribution in [3.8, 4) is 0 Å². The second kappa shape index (κ2) is 10.2. The largest absolute Gasteiger partial charge is 0.364 e. The standard InChI is InChI=1S/C18H25N5O3S.HI/c1-19-18(20-13-15-3-5-17(6-4-15)27(2,24)25)23-10-8-22(9-11-23)14-16-7-12-26-21-16;/h3-7,12H,8-11,13-14H2,1-2H3,(H,19,20);1H. The van der Waals surface area contributed by atoms with Gasteiger partial charge in [-0.1, -0.05) is 17.3 Å². The Morgan fingerprint density at radius 1 is 1.18 bits per heavy atom. The number of guanidine groups is 1. The number of sulfone groups is 1. The number of benzene rings is 1. The van der Waals surface area contributed by atoms with Gasteiger partial charge in [0, 0.05) is 58.6 Å². The summed E-state index contributed by atoms with van der Waals surface area (Å²) in [5.74, 6) is 0.850. The fourth-order valence-corrected chi connectivity index (χ4v) is 3.66. The molecule has 28 heavy (non-hydrogen) atoms. The van der Waals surface area contributed by atoms with E-state index in [0.717, 1.165) is 49.9 Å². The molecule has 0 radical (unpaired) electrons. The minimum atomic E-state index is -3.16. The molecular formula is C18H26IN5O3S. The second-order valence-electron chi connectivity index (χ2n) is 6.57. The van der Waals surface area contributed by atoms with Gasteiger partial charge < -0.3 is 14.7 Å². The molecule has 0 aliphatic carbocycles. The molecule has 0 bridgehead atoms. The summed E-state index contributed by atoms with van der Waals surface area (Å²) >= 11 is 0. The lowest BCUT2D eigenvalue weighted by atomic mass is 10.2. The van der Waals surface area contributed by atoms with Crippen LogP contribution in [0.4, 0.5) is 0 Å². The van der Waals surface area contributed by atoms with Crippen LogP contribution >= 0.6 is 24.0 Å². The van der Waals surface area contributed by atoms with Crippen LogP contribution < -0.4 is 5.32 Å². The highest BCUT2D eigenvalue weighted by Crippen LogP contribution is 2.11. The fourth-order valence-electron chi connectivity index (χ4n) is 3.03. The first-order valence-corrected chi connectivity index (χ1v) is 10.7. The number of nitrogens with one attached hydrogen (secondary N) is 1. The maximum Gasteiger partial charge on any atom is 0.194 e. The molecule has 154 valence electrons. The van der Waals surface area contributed by atoms with Gasteiger partial charge in [-0.3, -0.25) is 9.89 Å². The fraction of sp³-hybridized carbons (Fsp3) is 0.444. The Labute approximate surface area is 182 Å². The molecule has 2 heterocycles. The Balaban J connectivity index is 0.00000280. The first-order chi connectivity index (χ1) is 13.0. The summed E-state index contributed by atoms with van der Waals surface area (Å²) in [4.78, 5) is 9.27. The van der Waals surface area contributed by atoms with E-state index in [4.69, 9.17) is 4.52 Å². The molecule has 0 amide bonds. The average molecular weight is 519 g/mol. The van der Waals surface area contributed by atoms with Gasteiger partial charge in [-0.05, 0) is 17.7 Å². The highest BCUT2D eigenvalue weighted by atomic mass is 127. The molecule has 1 aromatic carbocycles. The quantitative estimate of drug-likeness (QED) is 0.365. The summed E-state index contributed by atoms with van der Waals surface area (Å²) in [5, 5.41) is 7.32. The molecule has 0 atom stereocenters. The van der Waals surface area contributed by atoms with Gasteiger partial charge in [0.1, 0.15) is 6.26 Å². The van der Waals surface area contributed by atoms with Crippen LogP contribution in [0.15, 0.2) is 51.0 Å². The molecule has 1 saturated heterocycles. The smallest absolute Gasteiger partial charge is 0.194 e. The van der Waals surface area contributed by atoms with Crippen molar-refractivity contribution < 1.29 is 12.9 Å². The molecule has 1 aliphatic rings. The molecule has 1 aromatic heterocycles. The summed E-state index contributed by atoms with van der Waals surface area (Å²) in [6, 6.07) is 8.82. The number of piperazine rings is 1. The molecule has 0 saturated carbocycles. The predicted octanol–water partition coefficient (Wildman–Crippen LogP) is 1.59. The number of aromatic nitrogens is 1. The van der Waals surface area contributed by atoms with E-state index in [1.165, 1.54) is 6.26 Å². The molecule has 0 spiro atoms. The summed E-state index contributed by atoms with van der Waals surface area (Å²) < 4.78 is 28.0. The van der Waals surface area contributed by atoms with Crippen molar-refractivity contribution in [2.45, 2.75) is 18.0 Å². The van der Waals surface area contributed by atoms with E-state index in [-0.39, 0.29) is 24.0 Å². The van der Waals surface area contributed by atoms with E-state index < -0.39 is 9.84 Å². The van der Waals surface area contributed by atoms with Gasteiger partial charge in [-0.2, -0.15) is 0 Å². The zero-order valence-electron chi connectivity index (χ0n) is 16.0. The van der Waals surface area contributed by atoms with Gasteiger partial charge >= 0.3 is 0 Å². The van der Waals surface area contributed by atoms with Gasteiger partial charge in [0.25, 0.3) is 0 Å². The Morgan fingerprint density at radius 3 is 2.39 bits per heavy atom. The normalized spacial score (nSPS) is 15.9. The van der Waals surface area contributed by atoms with Gasteiger partial charge in [0.05, 0.1) is 10.6 Å². The van der Waals surface area contributed by atoms with Crippen molar-refractivity contribution >= 4 is 39.8 Å². The van der Waals surface area contributed by atoms with Crippen molar-refractivity contribution in [3.63, 3.8) is 0 Å². The average Bonchev–Trinajstić information content (AvgIpc) is 3.16. The molecule has 0 unspecified atom stereocenters. The monoisotopic (exact) mass is 519 g/mol. The van der Waals surface area contributed by atoms with E-state index in [9.17, 15) is 8.42 Å². The van der Waals surface area contributed by atoms with Crippen molar-refractivity contribution in [3.05, 3.63) is 47.9 Å². The van der Waals surface area contributed by atoms with Crippen LogP contribution in [0, 0.1) is 0 Å². The molecule has 10 heteroatoms. The topological polar surface area (TPSA) is 91.0 Å². The number of hydrogen-bond acceptors (Lipinski definition) is 6. The third-order valence-corrected chi connectivity index (χ3v) is 5.69. The van der Waals surface area contributed by atoms with Crippen LogP contribution in [-0.4, -0.2) is 68.8 Å². The van der Waals surface area contributed by atoms with Crippen LogP contribution in [0.25, 0.3) is 0 Å². The highest BCUT2D eigenvalue weighted by molar-refractivity contribution is 14.0. The third kappa shape index (κ3) is 6.17. The van der Waals surface area contributed by atoms with Gasteiger partial charge in [0.15, 0.2) is 15.8 Å². The summed E-state index contributed by atoms with van der Waals surface area (Å²) in [6.07, 6.45) is 2.81. The van der Waals surface area contributed by atoms with Gasteiger partial charge in [0.2, 0.25) is 0 Å². The second-order valence-corrected chi connectivity index (χ2v) is 8.59. The Kier molecular flexibility index (Phi) is 8.25. The van der Waals surface area contributed by atoms with Crippen LogP contribution in [0.1, 0.15) is 11.3 Å². The van der Waals surface area contributed by atoms with E-state index in [1.54, 1.807) is 25.4 Å². The van der Waals surface area contributed by atoms with Crippen molar-refractivity contribution in [2.24, 2.45) is 4.99 Å². The third-order valence-electron chi connectivity index (χ3n) is 4.56. The molecular weight excluding hydrogens is 493 g/mol. The maximum absolute atomic E-state index is 11.5. The lowest BCUT2D eigenvalue weighted by molar-refractivity contribution is 0.169. The first kappa shape index (κ1) is 22.6. The van der Waals surface area contributed by atoms with E-state index in [0.29, 0.717) is 11.4 Å². The Bertz CT molecular complexity index is 861. The molecule has 1 N–H and O–H groups in total. The summed E-state index contributed by atoms with van der Waals surface area (Å²) in [5.41, 5.74) is 1.96. The zero-order chi connectivity index (χ0) is 19.3. The summed E-state index contributed by atoms with van der Waals surface area (Å²) in [6.45, 7) is 5.00. The molecule has 2 aromatic rings. The van der Waals surface area contributed by atoms with Crippen LogP contribution in [0.3, 0.4) is 0 Å². The molecule has 8 nitrogen and oxygen atoms in total. The summed E-state index contributed by atoms with van der Waals surface area (Å²) in [7, 11) is -1.39. The number of halogens is 1. The molecule has 1 fully saturated rings. The number of hydrogen-bond donors (Lipinski definition) is 1. The van der Waals surface area contributed by atoms with E-state index in [2.05, 4.69) is 25.3 Å². The lowest BCUT2D eigenvalue weighted by Gasteiger charge is -2.36. The molecule has 3 rings (SSSR count). The van der Waals surface area contributed by atoms with E-state index in [1.807, 2.05) is 18.2 Å². The van der Waals surface area contributed by atoms with Crippen molar-refractivity contribution in [1.82, 2.24) is 20.3 Å².